The van der Waals surface area contributed by atoms with Crippen LogP contribution < -0.4 is 5.32 Å². The third kappa shape index (κ3) is 6.80. The summed E-state index contributed by atoms with van der Waals surface area (Å²) < 4.78 is 0. The summed E-state index contributed by atoms with van der Waals surface area (Å²) in [6, 6.07) is 25.3. The minimum absolute atomic E-state index is 0.144. The second kappa shape index (κ2) is 11.8. The van der Waals surface area contributed by atoms with Gasteiger partial charge < -0.3 is 10.2 Å². The number of anilines is 1. The maximum atomic E-state index is 13.2. The van der Waals surface area contributed by atoms with E-state index >= 15 is 0 Å². The van der Waals surface area contributed by atoms with Gasteiger partial charge in [0, 0.05) is 42.8 Å². The lowest BCUT2D eigenvalue weighted by molar-refractivity contribution is -0.129. The molecule has 3 aromatic rings. The van der Waals surface area contributed by atoms with Gasteiger partial charge in [0.15, 0.2) is 0 Å². The average molecular weight is 488 g/mol. The molecule has 0 saturated carbocycles. The van der Waals surface area contributed by atoms with Crippen LogP contribution in [0.15, 0.2) is 83.9 Å². The molecule has 35 heavy (non-hydrogen) atoms. The van der Waals surface area contributed by atoms with Crippen molar-refractivity contribution in [2.24, 2.45) is 4.99 Å². The fraction of sp³-hybridized carbons (Fsp3) is 0.276. The Morgan fingerprint density at radius 1 is 0.943 bits per heavy atom. The Kier molecular flexibility index (Phi) is 8.32. The molecule has 0 radical (unpaired) electrons. The number of likely N-dealkylation sites (tertiary alicyclic amines) is 1. The lowest BCUT2D eigenvalue weighted by Gasteiger charge is -2.31. The zero-order valence-electron chi connectivity index (χ0n) is 19.9. The van der Waals surface area contributed by atoms with Crippen molar-refractivity contribution >= 4 is 34.8 Å². The molecule has 1 aliphatic heterocycles. The first-order chi connectivity index (χ1) is 17.0. The van der Waals surface area contributed by atoms with Crippen LogP contribution in [0.2, 0.25) is 5.02 Å². The third-order valence-corrected chi connectivity index (χ3v) is 6.68. The van der Waals surface area contributed by atoms with Gasteiger partial charge in [-0.3, -0.25) is 14.6 Å². The van der Waals surface area contributed by atoms with Crippen molar-refractivity contribution in [2.75, 3.05) is 25.0 Å². The number of hydrogen-bond acceptors (Lipinski definition) is 3. The normalized spacial score (nSPS) is 14.6. The second-order valence-electron chi connectivity index (χ2n) is 8.83. The van der Waals surface area contributed by atoms with Gasteiger partial charge in [-0.25, -0.2) is 0 Å². The predicted octanol–water partition coefficient (Wildman–Crippen LogP) is 5.74. The maximum Gasteiger partial charge on any atom is 0.274 e. The molecule has 1 aliphatic rings. The lowest BCUT2D eigenvalue weighted by Crippen LogP contribution is -2.36. The van der Waals surface area contributed by atoms with Crippen molar-refractivity contribution in [1.29, 1.82) is 0 Å². The SMILES string of the molecule is CC(=O)N1CCC(c2ccc(NC(=O)/C(=N/CCc3ccc(Cl)cc3)c3ccccc3)cc2)CC1. The van der Waals surface area contributed by atoms with Gasteiger partial charge in [-0.1, -0.05) is 66.2 Å². The zero-order valence-corrected chi connectivity index (χ0v) is 20.7. The van der Waals surface area contributed by atoms with Gasteiger partial charge in [0.05, 0.1) is 0 Å². The summed E-state index contributed by atoms with van der Waals surface area (Å²) in [6.45, 7) is 3.72. The van der Waals surface area contributed by atoms with Crippen molar-refractivity contribution in [3.05, 3.63) is 101 Å². The molecule has 0 aromatic heterocycles. The summed E-state index contributed by atoms with van der Waals surface area (Å²) in [6.07, 6.45) is 2.64. The number of carbonyl (C=O) groups is 2. The molecule has 180 valence electrons. The maximum absolute atomic E-state index is 13.2. The smallest absolute Gasteiger partial charge is 0.274 e. The average Bonchev–Trinajstić information content (AvgIpc) is 2.88. The van der Waals surface area contributed by atoms with E-state index in [1.807, 2.05) is 71.6 Å². The standard InChI is InChI=1S/C29H30ClN3O2/c1-21(34)33-19-16-24(17-20-33)23-9-13-27(14-10-23)32-29(35)28(25-5-3-2-4-6-25)31-18-15-22-7-11-26(30)12-8-22/h2-14,24H,15-20H2,1H3,(H,32,35)/b31-28+. The Bertz CT molecular complexity index is 1170. The van der Waals surface area contributed by atoms with Crippen molar-refractivity contribution in [1.82, 2.24) is 4.90 Å². The van der Waals surface area contributed by atoms with Crippen LogP contribution in [-0.4, -0.2) is 42.1 Å². The van der Waals surface area contributed by atoms with Gasteiger partial charge in [-0.05, 0) is 60.6 Å². The van der Waals surface area contributed by atoms with E-state index in [9.17, 15) is 9.59 Å². The van der Waals surface area contributed by atoms with Crippen LogP contribution in [0.1, 0.15) is 42.4 Å². The van der Waals surface area contributed by atoms with Crippen molar-refractivity contribution in [3.63, 3.8) is 0 Å². The second-order valence-corrected chi connectivity index (χ2v) is 9.27. The molecule has 0 spiro atoms. The number of piperidine rings is 1. The van der Waals surface area contributed by atoms with Crippen LogP contribution in [0.3, 0.4) is 0 Å². The molecular formula is C29H30ClN3O2. The van der Waals surface area contributed by atoms with Crippen LogP contribution in [0, 0.1) is 0 Å². The molecule has 1 saturated heterocycles. The van der Waals surface area contributed by atoms with Gasteiger partial charge in [-0.15, -0.1) is 0 Å². The molecule has 4 rings (SSSR count). The predicted molar refractivity (Wildman–Crippen MR) is 142 cm³/mol. The van der Waals surface area contributed by atoms with Gasteiger partial charge >= 0.3 is 0 Å². The molecule has 0 aliphatic carbocycles. The molecule has 1 fully saturated rings. The fourth-order valence-electron chi connectivity index (χ4n) is 4.39. The Morgan fingerprint density at radius 2 is 1.60 bits per heavy atom. The van der Waals surface area contributed by atoms with E-state index in [1.54, 1.807) is 6.92 Å². The summed E-state index contributed by atoms with van der Waals surface area (Å²) in [5.74, 6) is 0.352. The largest absolute Gasteiger partial charge is 0.343 e. The van der Waals surface area contributed by atoms with Crippen molar-refractivity contribution in [2.45, 2.75) is 32.1 Å². The van der Waals surface area contributed by atoms with Crippen LogP contribution in [0.5, 0.6) is 0 Å². The van der Waals surface area contributed by atoms with E-state index in [0.717, 1.165) is 49.2 Å². The molecule has 2 amide bonds. The number of carbonyl (C=O) groups excluding carboxylic acids is 2. The summed E-state index contributed by atoms with van der Waals surface area (Å²) in [5, 5.41) is 3.71. The van der Waals surface area contributed by atoms with E-state index in [-0.39, 0.29) is 11.8 Å². The van der Waals surface area contributed by atoms with E-state index in [4.69, 9.17) is 11.6 Å². The number of halogens is 1. The van der Waals surface area contributed by atoms with Gasteiger partial charge in [0.2, 0.25) is 5.91 Å². The van der Waals surface area contributed by atoms with E-state index < -0.39 is 0 Å². The molecule has 5 nitrogen and oxygen atoms in total. The number of benzene rings is 3. The first-order valence-electron chi connectivity index (χ1n) is 12.0. The highest BCUT2D eigenvalue weighted by Crippen LogP contribution is 2.29. The minimum atomic E-state index is -0.227. The van der Waals surface area contributed by atoms with Gasteiger partial charge in [-0.2, -0.15) is 0 Å². The first kappa shape index (κ1) is 24.7. The van der Waals surface area contributed by atoms with E-state index in [0.29, 0.717) is 23.2 Å². The topological polar surface area (TPSA) is 61.8 Å². The van der Waals surface area contributed by atoms with Gasteiger partial charge in [0.1, 0.15) is 5.71 Å². The highest BCUT2D eigenvalue weighted by atomic mass is 35.5. The van der Waals surface area contributed by atoms with Crippen molar-refractivity contribution in [3.8, 4) is 0 Å². The highest BCUT2D eigenvalue weighted by molar-refractivity contribution is 6.48. The van der Waals surface area contributed by atoms with E-state index in [2.05, 4.69) is 22.4 Å². The molecule has 1 heterocycles. The van der Waals surface area contributed by atoms with Crippen LogP contribution in [-0.2, 0) is 16.0 Å². The summed E-state index contributed by atoms with van der Waals surface area (Å²) in [7, 11) is 0. The molecular weight excluding hydrogens is 458 g/mol. The lowest BCUT2D eigenvalue weighted by atomic mass is 9.89. The Morgan fingerprint density at radius 3 is 2.23 bits per heavy atom. The summed E-state index contributed by atoms with van der Waals surface area (Å²) >= 11 is 5.97. The molecule has 0 unspecified atom stereocenters. The fourth-order valence-corrected chi connectivity index (χ4v) is 4.52. The summed E-state index contributed by atoms with van der Waals surface area (Å²) in [4.78, 5) is 31.3. The number of nitrogens with one attached hydrogen (secondary N) is 1. The van der Waals surface area contributed by atoms with Crippen LogP contribution in [0.4, 0.5) is 5.69 Å². The summed E-state index contributed by atoms with van der Waals surface area (Å²) in [5.41, 5.74) is 4.30. The first-order valence-corrected chi connectivity index (χ1v) is 12.4. The molecule has 1 N–H and O–H groups in total. The Hall–Kier alpha value is -3.44. The Labute approximate surface area is 211 Å². The molecule has 0 bridgehead atoms. The number of amides is 2. The van der Waals surface area contributed by atoms with Crippen molar-refractivity contribution < 1.29 is 9.59 Å². The molecule has 6 heteroatoms. The van der Waals surface area contributed by atoms with Crippen LogP contribution >= 0.6 is 11.6 Å². The monoisotopic (exact) mass is 487 g/mol. The van der Waals surface area contributed by atoms with Gasteiger partial charge in [0.25, 0.3) is 5.91 Å². The van der Waals surface area contributed by atoms with E-state index in [1.165, 1.54) is 5.56 Å². The molecule has 0 atom stereocenters. The number of hydrogen-bond donors (Lipinski definition) is 1. The Balaban J connectivity index is 1.42. The number of aliphatic imine (C=N–C) groups is 1. The molecule has 3 aromatic carbocycles. The number of rotatable bonds is 7. The van der Waals surface area contributed by atoms with Crippen LogP contribution in [0.25, 0.3) is 0 Å². The minimum Gasteiger partial charge on any atom is -0.343 e. The third-order valence-electron chi connectivity index (χ3n) is 6.43. The zero-order chi connectivity index (χ0) is 24.6. The number of nitrogens with zero attached hydrogens (tertiary/aromatic N) is 2. The highest BCUT2D eigenvalue weighted by Gasteiger charge is 2.22. The quantitative estimate of drug-likeness (QED) is 0.432.